The second-order valence-electron chi connectivity index (χ2n) is 8.83. The Morgan fingerprint density at radius 2 is 2.04 bits per heavy atom. The van der Waals surface area contributed by atoms with Crippen LogP contribution in [0, 0.1) is 11.8 Å². The third kappa shape index (κ3) is 4.14. The predicted octanol–water partition coefficient (Wildman–Crippen LogP) is 1.29. The third-order valence-corrected chi connectivity index (χ3v) is 6.30. The van der Waals surface area contributed by atoms with Crippen LogP contribution >= 0.6 is 0 Å². The molecule has 1 N–H and O–H groups in total. The fourth-order valence-corrected chi connectivity index (χ4v) is 4.34. The molecule has 3 aliphatic rings. The second-order valence-corrected chi connectivity index (χ2v) is 8.83. The van der Waals surface area contributed by atoms with Crippen LogP contribution in [-0.4, -0.2) is 85.6 Å². The summed E-state index contributed by atoms with van der Waals surface area (Å²) in [5.41, 5.74) is 0.791. The Kier molecular flexibility index (Phi) is 5.78. The summed E-state index contributed by atoms with van der Waals surface area (Å²) in [6, 6.07) is 0. The zero-order valence-electron chi connectivity index (χ0n) is 16.8. The fourth-order valence-electron chi connectivity index (χ4n) is 4.34. The van der Waals surface area contributed by atoms with Gasteiger partial charge in [0.15, 0.2) is 0 Å². The number of fused-ring (bicyclic) bond motifs is 3. The minimum atomic E-state index is -0.519. The molecule has 26 heavy (non-hydrogen) atoms. The molecule has 0 bridgehead atoms. The molecule has 1 aliphatic carbocycles. The maximum absolute atomic E-state index is 12.7. The quantitative estimate of drug-likeness (QED) is 0.449. The number of likely N-dealkylation sites (N-methyl/N-ethyl adjacent to an activating group) is 2. The topological polar surface area (TPSA) is 65.5 Å². The molecule has 2 fully saturated rings. The van der Waals surface area contributed by atoms with Crippen LogP contribution in [0.3, 0.4) is 0 Å². The van der Waals surface area contributed by atoms with Gasteiger partial charge in [0.25, 0.3) is 0 Å². The molecule has 3 rings (SSSR count). The molecule has 0 saturated carbocycles. The number of nitrogens with zero attached hydrogens (tertiary/aromatic N) is 2. The van der Waals surface area contributed by atoms with Crippen molar-refractivity contribution in [2.45, 2.75) is 57.0 Å². The number of ether oxygens (including phenoxy) is 2. The van der Waals surface area contributed by atoms with Crippen molar-refractivity contribution in [2.24, 2.45) is 11.8 Å². The van der Waals surface area contributed by atoms with E-state index in [-0.39, 0.29) is 35.6 Å². The van der Waals surface area contributed by atoms with Crippen LogP contribution in [0.4, 0.5) is 0 Å². The van der Waals surface area contributed by atoms with Crippen LogP contribution in [0.1, 0.15) is 33.1 Å². The van der Waals surface area contributed by atoms with Crippen molar-refractivity contribution in [1.82, 2.24) is 9.80 Å². The Bertz CT molecular complexity index is 564. The highest BCUT2D eigenvalue weighted by Gasteiger charge is 2.63. The Hall–Kier alpha value is -0.950. The summed E-state index contributed by atoms with van der Waals surface area (Å²) in [5.74, 6) is -0.349. The van der Waals surface area contributed by atoms with Crippen molar-refractivity contribution in [2.75, 3.05) is 40.8 Å². The molecular formula is C20H34N2O4. The summed E-state index contributed by atoms with van der Waals surface area (Å²) >= 11 is 0. The van der Waals surface area contributed by atoms with Crippen LogP contribution in [-0.2, 0) is 14.3 Å². The second kappa shape index (κ2) is 7.58. The molecule has 6 nitrogen and oxygen atoms in total. The molecule has 0 unspecified atom stereocenters. The van der Waals surface area contributed by atoms with Gasteiger partial charge in [0, 0.05) is 25.6 Å². The maximum atomic E-state index is 12.7. The number of carbonyl (C=O) groups excluding carboxylic acids is 1. The van der Waals surface area contributed by atoms with Crippen molar-refractivity contribution in [1.29, 1.82) is 0 Å². The Morgan fingerprint density at radius 1 is 1.31 bits per heavy atom. The van der Waals surface area contributed by atoms with Gasteiger partial charge in [0.1, 0.15) is 12.2 Å². The van der Waals surface area contributed by atoms with Gasteiger partial charge < -0.3 is 24.4 Å². The first kappa shape index (κ1) is 19.8. The first-order valence-electron chi connectivity index (χ1n) is 9.77. The number of esters is 1. The highest BCUT2D eigenvalue weighted by atomic mass is 16.6. The summed E-state index contributed by atoms with van der Waals surface area (Å²) < 4.78 is 11.8. The minimum Gasteiger partial charge on any atom is -0.459 e. The average Bonchev–Trinajstić information content (AvgIpc) is 3.14. The largest absolute Gasteiger partial charge is 0.459 e. The lowest BCUT2D eigenvalue weighted by Gasteiger charge is -2.27. The number of carbonyl (C=O) groups is 1. The molecule has 0 radical (unpaired) electrons. The van der Waals surface area contributed by atoms with Crippen molar-refractivity contribution in [3.63, 3.8) is 0 Å². The van der Waals surface area contributed by atoms with E-state index in [4.69, 9.17) is 9.47 Å². The molecular weight excluding hydrogens is 332 g/mol. The minimum absolute atomic E-state index is 0.00687. The molecule has 0 aromatic rings. The van der Waals surface area contributed by atoms with E-state index in [1.165, 1.54) is 0 Å². The van der Waals surface area contributed by atoms with Gasteiger partial charge >= 0.3 is 5.97 Å². The standard InChI is InChI=1S/C20H34N2O4/c1-13-7-6-8-20(2)18(26-20)17-14(11-16(13)23)15(19(24)25-17)12-22(5)10-9-21(3)4/h7,14-18,23H,6,8-12H2,1-5H3/t14-,15-,16+,17-,18+,20+/m0/s1. The molecule has 0 aromatic carbocycles. The Morgan fingerprint density at radius 3 is 2.73 bits per heavy atom. The van der Waals surface area contributed by atoms with Crippen LogP contribution in [0.15, 0.2) is 11.6 Å². The van der Waals surface area contributed by atoms with Gasteiger partial charge in [-0.25, -0.2) is 0 Å². The third-order valence-electron chi connectivity index (χ3n) is 6.30. The first-order chi connectivity index (χ1) is 12.2. The lowest BCUT2D eigenvalue weighted by molar-refractivity contribution is -0.145. The van der Waals surface area contributed by atoms with Gasteiger partial charge in [-0.15, -0.1) is 0 Å². The zero-order valence-corrected chi connectivity index (χ0v) is 16.8. The van der Waals surface area contributed by atoms with Gasteiger partial charge in [-0.05, 0) is 59.8 Å². The van der Waals surface area contributed by atoms with Crippen LogP contribution in [0.25, 0.3) is 0 Å². The predicted molar refractivity (Wildman–Crippen MR) is 99.8 cm³/mol. The number of epoxide rings is 1. The van der Waals surface area contributed by atoms with E-state index in [9.17, 15) is 9.90 Å². The normalized spacial score (nSPS) is 40.1. The monoisotopic (exact) mass is 366 g/mol. The summed E-state index contributed by atoms with van der Waals surface area (Å²) in [6.45, 7) is 6.59. The van der Waals surface area contributed by atoms with Gasteiger partial charge in [0.05, 0.1) is 17.6 Å². The van der Waals surface area contributed by atoms with Gasteiger partial charge in [-0.3, -0.25) is 4.79 Å². The molecule has 2 heterocycles. The van der Waals surface area contributed by atoms with E-state index in [0.29, 0.717) is 13.0 Å². The highest BCUT2D eigenvalue weighted by molar-refractivity contribution is 5.76. The van der Waals surface area contributed by atoms with E-state index < -0.39 is 6.10 Å². The Labute approximate surface area is 157 Å². The number of hydrogen-bond donors (Lipinski definition) is 1. The van der Waals surface area contributed by atoms with Crippen LogP contribution in [0.2, 0.25) is 0 Å². The van der Waals surface area contributed by atoms with E-state index in [1.807, 2.05) is 28.1 Å². The molecule has 148 valence electrons. The molecule has 0 aromatic heterocycles. The average molecular weight is 367 g/mol. The van der Waals surface area contributed by atoms with Crippen molar-refractivity contribution in [3.05, 3.63) is 11.6 Å². The number of aliphatic hydroxyl groups excluding tert-OH is 1. The van der Waals surface area contributed by atoms with Crippen molar-refractivity contribution in [3.8, 4) is 0 Å². The summed E-state index contributed by atoms with van der Waals surface area (Å²) in [7, 11) is 6.14. The lowest BCUT2D eigenvalue weighted by atomic mass is 9.79. The summed E-state index contributed by atoms with van der Waals surface area (Å²) in [5, 5.41) is 10.6. The Balaban J connectivity index is 1.76. The van der Waals surface area contributed by atoms with Crippen LogP contribution < -0.4 is 0 Å². The number of hydrogen-bond acceptors (Lipinski definition) is 6. The van der Waals surface area contributed by atoms with Gasteiger partial charge in [0.2, 0.25) is 0 Å². The van der Waals surface area contributed by atoms with E-state index in [2.05, 4.69) is 22.8 Å². The molecule has 2 aliphatic heterocycles. The van der Waals surface area contributed by atoms with E-state index in [0.717, 1.165) is 31.5 Å². The number of rotatable bonds is 5. The maximum Gasteiger partial charge on any atom is 0.311 e. The highest BCUT2D eigenvalue weighted by Crippen LogP contribution is 2.50. The van der Waals surface area contributed by atoms with Gasteiger partial charge in [-0.2, -0.15) is 0 Å². The SMILES string of the molecule is CC1=CCC[C@@]2(C)O[C@@H]2[C@H]2OC(=O)[C@@H](CN(C)CCN(C)C)[C@@H]2C[C@H]1O. The zero-order chi connectivity index (χ0) is 19.1. The summed E-state index contributed by atoms with van der Waals surface area (Å²) in [4.78, 5) is 17.0. The summed E-state index contributed by atoms with van der Waals surface area (Å²) in [6.07, 6.45) is 3.67. The number of aliphatic hydroxyl groups is 1. The van der Waals surface area contributed by atoms with E-state index in [1.54, 1.807) is 0 Å². The van der Waals surface area contributed by atoms with Crippen molar-refractivity contribution < 1.29 is 19.4 Å². The van der Waals surface area contributed by atoms with E-state index >= 15 is 0 Å². The smallest absolute Gasteiger partial charge is 0.311 e. The first-order valence-corrected chi connectivity index (χ1v) is 9.77. The van der Waals surface area contributed by atoms with Gasteiger partial charge in [-0.1, -0.05) is 6.08 Å². The fraction of sp³-hybridized carbons (Fsp3) is 0.850. The number of allylic oxidation sites excluding steroid dienone is 1. The molecule has 2 saturated heterocycles. The van der Waals surface area contributed by atoms with Crippen molar-refractivity contribution >= 4 is 5.97 Å². The molecule has 0 spiro atoms. The van der Waals surface area contributed by atoms with Crippen LogP contribution in [0.5, 0.6) is 0 Å². The lowest BCUT2D eigenvalue weighted by Crippen LogP contribution is -2.39. The molecule has 6 atom stereocenters. The molecule has 6 heteroatoms. The molecule has 0 amide bonds.